The SMILES string of the molecule is O=C(NC(c1cccc(F)c1)c1cccc(Cl)c1)C1COCCO1. The number of hydrogen-bond donors (Lipinski definition) is 1. The Morgan fingerprint density at radius 1 is 1.17 bits per heavy atom. The van der Waals surface area contributed by atoms with Crippen molar-refractivity contribution in [2.24, 2.45) is 0 Å². The van der Waals surface area contributed by atoms with Gasteiger partial charge in [-0.3, -0.25) is 4.79 Å². The van der Waals surface area contributed by atoms with E-state index < -0.39 is 12.1 Å². The Morgan fingerprint density at radius 3 is 2.58 bits per heavy atom. The molecule has 2 aromatic carbocycles. The van der Waals surface area contributed by atoms with Gasteiger partial charge < -0.3 is 14.8 Å². The van der Waals surface area contributed by atoms with Gasteiger partial charge >= 0.3 is 0 Å². The summed E-state index contributed by atoms with van der Waals surface area (Å²) in [6.07, 6.45) is -0.672. The van der Waals surface area contributed by atoms with Crippen LogP contribution in [0.3, 0.4) is 0 Å². The predicted octanol–water partition coefficient (Wildman–Crippen LogP) is 3.10. The molecule has 1 N–H and O–H groups in total. The highest BCUT2D eigenvalue weighted by atomic mass is 35.5. The summed E-state index contributed by atoms with van der Waals surface area (Å²) in [6.45, 7) is 1.06. The van der Waals surface area contributed by atoms with Gasteiger partial charge in [-0.15, -0.1) is 0 Å². The van der Waals surface area contributed by atoms with E-state index in [0.29, 0.717) is 23.8 Å². The third-order valence-electron chi connectivity index (χ3n) is 3.76. The predicted molar refractivity (Wildman–Crippen MR) is 88.4 cm³/mol. The number of nitrogens with one attached hydrogen (secondary N) is 1. The Kier molecular flexibility index (Phi) is 5.45. The van der Waals surface area contributed by atoms with Gasteiger partial charge in [0.25, 0.3) is 5.91 Å². The van der Waals surface area contributed by atoms with Crippen molar-refractivity contribution in [3.63, 3.8) is 0 Å². The van der Waals surface area contributed by atoms with Crippen molar-refractivity contribution in [3.8, 4) is 0 Å². The third-order valence-corrected chi connectivity index (χ3v) is 3.99. The smallest absolute Gasteiger partial charge is 0.252 e. The largest absolute Gasteiger partial charge is 0.376 e. The van der Waals surface area contributed by atoms with Gasteiger partial charge in [-0.25, -0.2) is 4.39 Å². The molecule has 3 rings (SSSR count). The molecule has 0 spiro atoms. The standard InChI is InChI=1S/C18H17ClFNO3/c19-14-5-1-3-12(9-14)17(13-4-2-6-15(20)10-13)21-18(22)16-11-23-7-8-24-16/h1-6,9-10,16-17H,7-8,11H2,(H,21,22). The van der Waals surface area contributed by atoms with Crippen LogP contribution in [0, 0.1) is 5.82 Å². The molecule has 1 aliphatic heterocycles. The minimum absolute atomic E-state index is 0.206. The lowest BCUT2D eigenvalue weighted by atomic mass is 9.98. The van der Waals surface area contributed by atoms with E-state index in [4.69, 9.17) is 21.1 Å². The van der Waals surface area contributed by atoms with Gasteiger partial charge in [0.05, 0.1) is 25.9 Å². The van der Waals surface area contributed by atoms with E-state index in [0.717, 1.165) is 5.56 Å². The molecule has 0 aliphatic carbocycles. The van der Waals surface area contributed by atoms with E-state index in [2.05, 4.69) is 5.32 Å². The number of hydrogen-bond acceptors (Lipinski definition) is 3. The Labute approximate surface area is 144 Å². The average molecular weight is 350 g/mol. The summed E-state index contributed by atoms with van der Waals surface area (Å²) in [5.41, 5.74) is 1.39. The van der Waals surface area contributed by atoms with Crippen LogP contribution in [0.4, 0.5) is 4.39 Å². The minimum atomic E-state index is -0.672. The van der Waals surface area contributed by atoms with Crippen molar-refractivity contribution in [2.75, 3.05) is 19.8 Å². The van der Waals surface area contributed by atoms with Gasteiger partial charge in [0.15, 0.2) is 6.10 Å². The fourth-order valence-corrected chi connectivity index (χ4v) is 2.80. The van der Waals surface area contributed by atoms with Gasteiger partial charge in [0.1, 0.15) is 5.82 Å². The Hall–Kier alpha value is -1.95. The number of carbonyl (C=O) groups is 1. The Morgan fingerprint density at radius 2 is 1.92 bits per heavy atom. The molecule has 4 nitrogen and oxygen atoms in total. The molecule has 0 bridgehead atoms. The topological polar surface area (TPSA) is 47.6 Å². The number of carbonyl (C=O) groups excluding carboxylic acids is 1. The molecular weight excluding hydrogens is 333 g/mol. The van der Waals surface area contributed by atoms with Crippen LogP contribution in [0.1, 0.15) is 17.2 Å². The highest BCUT2D eigenvalue weighted by Crippen LogP contribution is 2.25. The van der Waals surface area contributed by atoms with E-state index in [1.807, 2.05) is 6.07 Å². The zero-order chi connectivity index (χ0) is 16.9. The first-order valence-corrected chi connectivity index (χ1v) is 8.02. The van der Waals surface area contributed by atoms with Gasteiger partial charge in [-0.2, -0.15) is 0 Å². The van der Waals surface area contributed by atoms with Crippen LogP contribution in [0.15, 0.2) is 48.5 Å². The van der Waals surface area contributed by atoms with Crippen LogP contribution in [-0.4, -0.2) is 31.8 Å². The Bertz CT molecular complexity index is 673. The van der Waals surface area contributed by atoms with Crippen molar-refractivity contribution in [1.29, 1.82) is 0 Å². The first-order valence-electron chi connectivity index (χ1n) is 7.64. The van der Waals surface area contributed by atoms with Gasteiger partial charge in [0, 0.05) is 5.02 Å². The molecule has 126 valence electrons. The molecule has 0 saturated carbocycles. The molecule has 0 aromatic heterocycles. The lowest BCUT2D eigenvalue weighted by Crippen LogP contribution is -2.44. The summed E-state index contributed by atoms with van der Waals surface area (Å²) in [7, 11) is 0. The third kappa shape index (κ3) is 4.12. The number of rotatable bonds is 4. The summed E-state index contributed by atoms with van der Waals surface area (Å²) in [6, 6.07) is 12.7. The zero-order valence-corrected chi connectivity index (χ0v) is 13.6. The first kappa shape index (κ1) is 16.9. The highest BCUT2D eigenvalue weighted by molar-refractivity contribution is 6.30. The molecule has 2 unspecified atom stereocenters. The lowest BCUT2D eigenvalue weighted by molar-refractivity contribution is -0.148. The second-order valence-electron chi connectivity index (χ2n) is 5.49. The lowest BCUT2D eigenvalue weighted by Gasteiger charge is -2.26. The molecule has 1 saturated heterocycles. The van der Waals surface area contributed by atoms with Gasteiger partial charge in [-0.05, 0) is 35.4 Å². The molecular formula is C18H17ClFNO3. The van der Waals surface area contributed by atoms with Crippen LogP contribution in [0.2, 0.25) is 5.02 Å². The van der Waals surface area contributed by atoms with E-state index in [-0.39, 0.29) is 18.3 Å². The van der Waals surface area contributed by atoms with E-state index in [1.165, 1.54) is 12.1 Å². The molecule has 1 fully saturated rings. The quantitative estimate of drug-likeness (QED) is 0.922. The summed E-state index contributed by atoms with van der Waals surface area (Å²) in [5, 5.41) is 3.45. The molecule has 2 atom stereocenters. The molecule has 6 heteroatoms. The molecule has 2 aromatic rings. The van der Waals surface area contributed by atoms with Gasteiger partial charge in [0.2, 0.25) is 0 Å². The van der Waals surface area contributed by atoms with Gasteiger partial charge in [-0.1, -0.05) is 35.9 Å². The highest BCUT2D eigenvalue weighted by Gasteiger charge is 2.26. The molecule has 1 amide bonds. The van der Waals surface area contributed by atoms with Crippen molar-refractivity contribution in [3.05, 3.63) is 70.5 Å². The van der Waals surface area contributed by atoms with E-state index >= 15 is 0 Å². The summed E-state index contributed by atoms with van der Waals surface area (Å²) >= 11 is 6.06. The maximum absolute atomic E-state index is 13.6. The fourth-order valence-electron chi connectivity index (χ4n) is 2.61. The number of amides is 1. The fraction of sp³-hybridized carbons (Fsp3) is 0.278. The molecule has 24 heavy (non-hydrogen) atoms. The second-order valence-corrected chi connectivity index (χ2v) is 5.92. The van der Waals surface area contributed by atoms with Crippen molar-refractivity contribution >= 4 is 17.5 Å². The van der Waals surface area contributed by atoms with Crippen LogP contribution in [-0.2, 0) is 14.3 Å². The minimum Gasteiger partial charge on any atom is -0.376 e. The maximum Gasteiger partial charge on any atom is 0.252 e. The van der Waals surface area contributed by atoms with Crippen molar-refractivity contribution < 1.29 is 18.7 Å². The van der Waals surface area contributed by atoms with Crippen molar-refractivity contribution in [1.82, 2.24) is 5.32 Å². The maximum atomic E-state index is 13.6. The van der Waals surface area contributed by atoms with Crippen LogP contribution in [0.25, 0.3) is 0 Å². The number of halogens is 2. The Balaban J connectivity index is 1.88. The average Bonchev–Trinajstić information content (AvgIpc) is 2.60. The van der Waals surface area contributed by atoms with E-state index in [9.17, 15) is 9.18 Å². The normalized spacial score (nSPS) is 18.8. The van der Waals surface area contributed by atoms with Crippen LogP contribution >= 0.6 is 11.6 Å². The molecule has 1 heterocycles. The number of ether oxygens (including phenoxy) is 2. The van der Waals surface area contributed by atoms with Crippen molar-refractivity contribution in [2.45, 2.75) is 12.1 Å². The summed E-state index contributed by atoms with van der Waals surface area (Å²) < 4.78 is 24.3. The first-order chi connectivity index (χ1) is 11.6. The number of benzene rings is 2. The van der Waals surface area contributed by atoms with E-state index in [1.54, 1.807) is 30.3 Å². The molecule has 0 radical (unpaired) electrons. The summed E-state index contributed by atoms with van der Waals surface area (Å²) in [4.78, 5) is 12.5. The zero-order valence-electron chi connectivity index (χ0n) is 12.9. The second kappa shape index (κ2) is 7.75. The molecule has 1 aliphatic rings. The summed E-state index contributed by atoms with van der Waals surface area (Å²) in [5.74, 6) is -0.671. The van der Waals surface area contributed by atoms with Crippen LogP contribution in [0.5, 0.6) is 0 Å². The van der Waals surface area contributed by atoms with Crippen LogP contribution < -0.4 is 5.32 Å². The monoisotopic (exact) mass is 349 g/mol.